The number of rotatable bonds is 5. The van der Waals surface area contributed by atoms with Gasteiger partial charge in [-0.1, -0.05) is 0 Å². The third kappa shape index (κ3) is 3.56. The molecule has 0 radical (unpaired) electrons. The van der Waals surface area contributed by atoms with Crippen LogP contribution in [-0.2, 0) is 28.2 Å². The fraction of sp³-hybridized carbons (Fsp3) is 0.714. The van der Waals surface area contributed by atoms with Gasteiger partial charge in [-0.25, -0.2) is 13.4 Å². The van der Waals surface area contributed by atoms with E-state index in [1.807, 2.05) is 22.7 Å². The summed E-state index contributed by atoms with van der Waals surface area (Å²) in [5.41, 5.74) is 0. The van der Waals surface area contributed by atoms with Crippen LogP contribution >= 0.6 is 0 Å². The zero-order valence-corrected chi connectivity index (χ0v) is 13.9. The highest BCUT2D eigenvalue weighted by atomic mass is 32.2. The lowest BCUT2D eigenvalue weighted by Crippen LogP contribution is -2.59. The molecule has 1 N–H and O–H groups in total. The molecular formula is C14H22N4O4S. The number of imidazole rings is 1. The van der Waals surface area contributed by atoms with Crippen LogP contribution in [0.1, 0.15) is 12.2 Å². The maximum absolute atomic E-state index is 12.1. The van der Waals surface area contributed by atoms with Crippen molar-refractivity contribution in [1.82, 2.24) is 19.4 Å². The summed E-state index contributed by atoms with van der Waals surface area (Å²) in [4.78, 5) is 19.3. The van der Waals surface area contributed by atoms with Crippen LogP contribution in [-0.4, -0.2) is 82.1 Å². The summed E-state index contributed by atoms with van der Waals surface area (Å²) >= 11 is 0. The second-order valence-electron chi connectivity index (χ2n) is 6.32. The second-order valence-corrected chi connectivity index (χ2v) is 8.47. The smallest absolute Gasteiger partial charge is 0.304 e. The number of hydrogen-bond acceptors (Lipinski definition) is 6. The first-order valence-electron chi connectivity index (χ1n) is 7.72. The number of aryl methyl sites for hydroxylation is 1. The van der Waals surface area contributed by atoms with Gasteiger partial charge in [0.25, 0.3) is 0 Å². The first kappa shape index (κ1) is 16.4. The minimum Gasteiger partial charge on any atom is -0.481 e. The van der Waals surface area contributed by atoms with Gasteiger partial charge < -0.3 is 9.67 Å². The zero-order valence-electron chi connectivity index (χ0n) is 13.1. The molecule has 1 aromatic rings. The molecule has 0 amide bonds. The van der Waals surface area contributed by atoms with Gasteiger partial charge in [-0.05, 0) is 0 Å². The van der Waals surface area contributed by atoms with Crippen LogP contribution < -0.4 is 0 Å². The van der Waals surface area contributed by atoms with Gasteiger partial charge in [-0.15, -0.1) is 0 Å². The quantitative estimate of drug-likeness (QED) is 0.747. The summed E-state index contributed by atoms with van der Waals surface area (Å²) in [6.45, 7) is 2.44. The van der Waals surface area contributed by atoms with E-state index in [1.165, 1.54) is 0 Å². The van der Waals surface area contributed by atoms with E-state index < -0.39 is 15.8 Å². The number of nitrogens with zero attached hydrogens (tertiary/aromatic N) is 4. The molecular weight excluding hydrogens is 320 g/mol. The Balaban J connectivity index is 1.75. The van der Waals surface area contributed by atoms with Crippen molar-refractivity contribution in [2.24, 2.45) is 7.05 Å². The molecule has 2 fully saturated rings. The Kier molecular flexibility index (Phi) is 4.43. The fourth-order valence-electron chi connectivity index (χ4n) is 3.54. The van der Waals surface area contributed by atoms with Gasteiger partial charge in [0.2, 0.25) is 0 Å². The molecule has 0 spiro atoms. The predicted octanol–water partition coefficient (Wildman–Crippen LogP) is -0.822. The van der Waals surface area contributed by atoms with Gasteiger partial charge in [0.15, 0.2) is 9.84 Å². The van der Waals surface area contributed by atoms with Crippen LogP contribution in [0.5, 0.6) is 0 Å². The van der Waals surface area contributed by atoms with E-state index in [0.717, 1.165) is 12.4 Å². The Morgan fingerprint density at radius 1 is 1.30 bits per heavy atom. The first-order valence-corrected chi connectivity index (χ1v) is 9.54. The Morgan fingerprint density at radius 2 is 1.96 bits per heavy atom. The van der Waals surface area contributed by atoms with Gasteiger partial charge in [0, 0.05) is 51.2 Å². The van der Waals surface area contributed by atoms with Crippen molar-refractivity contribution in [3.8, 4) is 0 Å². The lowest BCUT2D eigenvalue weighted by Gasteiger charge is -2.43. The summed E-state index contributed by atoms with van der Waals surface area (Å²) in [6, 6.07) is -0.201. The fourth-order valence-corrected chi connectivity index (χ4v) is 5.58. The molecule has 0 bridgehead atoms. The van der Waals surface area contributed by atoms with Crippen LogP contribution in [0.15, 0.2) is 12.4 Å². The highest BCUT2D eigenvalue weighted by Gasteiger charge is 2.46. The van der Waals surface area contributed by atoms with Gasteiger partial charge in [-0.3, -0.25) is 14.6 Å². The Bertz CT molecular complexity index is 687. The van der Waals surface area contributed by atoms with E-state index in [4.69, 9.17) is 5.11 Å². The standard InChI is InChI=1S/C14H22N4O4S/c1-16-5-3-15-13(16)8-18-7-6-17(4-2-14(19)20)11-9-23(21,22)10-12(11)18/h3,5,11-12H,2,4,6-10H2,1H3,(H,19,20)/t11-,12+/m1/s1. The van der Waals surface area contributed by atoms with E-state index >= 15 is 0 Å². The van der Waals surface area contributed by atoms with E-state index in [2.05, 4.69) is 9.88 Å². The second kappa shape index (κ2) is 6.21. The summed E-state index contributed by atoms with van der Waals surface area (Å²) in [5, 5.41) is 8.87. The SMILES string of the molecule is Cn1ccnc1CN1CCN(CCC(=O)O)[C@@H]2CS(=O)(=O)C[C@@H]21. The topological polar surface area (TPSA) is 95.7 Å². The number of fused-ring (bicyclic) bond motifs is 1. The number of carbonyl (C=O) groups is 1. The molecule has 3 heterocycles. The summed E-state index contributed by atoms with van der Waals surface area (Å²) in [5.74, 6) is 0.324. The van der Waals surface area contributed by atoms with Gasteiger partial charge in [-0.2, -0.15) is 0 Å². The Morgan fingerprint density at radius 3 is 2.57 bits per heavy atom. The van der Waals surface area contributed by atoms with E-state index in [1.54, 1.807) is 6.20 Å². The number of aromatic nitrogens is 2. The van der Waals surface area contributed by atoms with E-state index in [9.17, 15) is 13.2 Å². The van der Waals surface area contributed by atoms with Crippen LogP contribution in [0.3, 0.4) is 0 Å². The minimum absolute atomic E-state index is 0.0443. The molecule has 0 unspecified atom stereocenters. The molecule has 9 heteroatoms. The molecule has 3 rings (SSSR count). The number of hydrogen-bond donors (Lipinski definition) is 1. The van der Waals surface area contributed by atoms with Gasteiger partial charge in [0.1, 0.15) is 5.82 Å². The molecule has 0 aromatic carbocycles. The average Bonchev–Trinajstić information content (AvgIpc) is 3.00. The third-order valence-electron chi connectivity index (χ3n) is 4.78. The summed E-state index contributed by atoms with van der Waals surface area (Å²) < 4.78 is 26.1. The molecule has 0 saturated carbocycles. The van der Waals surface area contributed by atoms with Crippen LogP contribution in [0.4, 0.5) is 0 Å². The third-order valence-corrected chi connectivity index (χ3v) is 6.48. The Hall–Kier alpha value is -1.45. The molecule has 0 aliphatic carbocycles. The van der Waals surface area contributed by atoms with Crippen molar-refractivity contribution in [2.45, 2.75) is 25.0 Å². The summed E-state index contributed by atoms with van der Waals surface area (Å²) in [7, 11) is -1.16. The molecule has 23 heavy (non-hydrogen) atoms. The number of piperazine rings is 1. The molecule has 2 atom stereocenters. The average molecular weight is 342 g/mol. The molecule has 2 saturated heterocycles. The number of aliphatic carboxylic acids is 1. The molecule has 2 aliphatic rings. The van der Waals surface area contributed by atoms with Crippen LogP contribution in [0.25, 0.3) is 0 Å². The largest absolute Gasteiger partial charge is 0.481 e. The molecule has 2 aliphatic heterocycles. The maximum Gasteiger partial charge on any atom is 0.304 e. The van der Waals surface area contributed by atoms with E-state index in [0.29, 0.717) is 19.6 Å². The van der Waals surface area contributed by atoms with Crippen molar-refractivity contribution in [1.29, 1.82) is 0 Å². The summed E-state index contributed by atoms with van der Waals surface area (Å²) in [6.07, 6.45) is 3.66. The molecule has 1 aromatic heterocycles. The zero-order chi connectivity index (χ0) is 16.6. The minimum atomic E-state index is -3.08. The van der Waals surface area contributed by atoms with Gasteiger partial charge >= 0.3 is 5.97 Å². The first-order chi connectivity index (χ1) is 10.9. The van der Waals surface area contributed by atoms with Gasteiger partial charge in [0.05, 0.1) is 24.5 Å². The number of carboxylic acids is 1. The lowest BCUT2D eigenvalue weighted by molar-refractivity contribution is -0.137. The van der Waals surface area contributed by atoms with Crippen molar-refractivity contribution in [2.75, 3.05) is 31.1 Å². The van der Waals surface area contributed by atoms with Crippen molar-refractivity contribution < 1.29 is 18.3 Å². The van der Waals surface area contributed by atoms with Crippen molar-refractivity contribution in [3.05, 3.63) is 18.2 Å². The highest BCUT2D eigenvalue weighted by molar-refractivity contribution is 7.91. The normalized spacial score (nSPS) is 27.9. The van der Waals surface area contributed by atoms with Crippen molar-refractivity contribution >= 4 is 15.8 Å². The molecule has 128 valence electrons. The highest BCUT2D eigenvalue weighted by Crippen LogP contribution is 2.28. The van der Waals surface area contributed by atoms with Crippen molar-refractivity contribution in [3.63, 3.8) is 0 Å². The van der Waals surface area contributed by atoms with E-state index in [-0.39, 0.29) is 30.0 Å². The Labute approximate surface area is 135 Å². The maximum atomic E-state index is 12.1. The van der Waals surface area contributed by atoms with Crippen LogP contribution in [0.2, 0.25) is 0 Å². The molecule has 8 nitrogen and oxygen atoms in total. The predicted molar refractivity (Wildman–Crippen MR) is 83.7 cm³/mol. The monoisotopic (exact) mass is 342 g/mol. The lowest BCUT2D eigenvalue weighted by atomic mass is 10.0. The number of sulfone groups is 1. The van der Waals surface area contributed by atoms with Crippen LogP contribution in [0, 0.1) is 0 Å². The number of carboxylic acid groups (broad SMARTS) is 1.